The van der Waals surface area contributed by atoms with Gasteiger partial charge < -0.3 is 5.32 Å². The molecule has 0 aliphatic carbocycles. The van der Waals surface area contributed by atoms with Gasteiger partial charge in [-0.1, -0.05) is 32.9 Å². The fraction of sp³-hybridized carbons (Fsp3) is 0.474. The summed E-state index contributed by atoms with van der Waals surface area (Å²) >= 11 is 1.11. The molecule has 1 aromatic heterocycles. The lowest BCUT2D eigenvalue weighted by atomic mass is 9.92. The summed E-state index contributed by atoms with van der Waals surface area (Å²) in [7, 11) is -3.09. The van der Waals surface area contributed by atoms with E-state index in [1.165, 1.54) is 6.07 Å². The van der Waals surface area contributed by atoms with Gasteiger partial charge in [-0.15, -0.1) is 11.8 Å². The summed E-state index contributed by atoms with van der Waals surface area (Å²) < 4.78 is 39.1. The lowest BCUT2D eigenvalue weighted by Crippen LogP contribution is -2.21. The Morgan fingerprint density at radius 1 is 1.36 bits per heavy atom. The van der Waals surface area contributed by atoms with E-state index < -0.39 is 9.84 Å². The molecular weight excluding hydrogens is 401 g/mol. The Morgan fingerprint density at radius 2 is 2.07 bits per heavy atom. The van der Waals surface area contributed by atoms with Crippen molar-refractivity contribution in [3.05, 3.63) is 41.8 Å². The molecule has 1 aliphatic heterocycles. The molecule has 2 aromatic rings. The lowest BCUT2D eigenvalue weighted by Gasteiger charge is -2.15. The Bertz CT molecular complexity index is 981. The number of carbonyl (C=O) groups is 1. The third kappa shape index (κ3) is 4.94. The molecule has 1 aromatic carbocycles. The number of benzene rings is 1. The molecule has 1 amide bonds. The molecule has 1 N–H and O–H groups in total. The highest BCUT2D eigenvalue weighted by atomic mass is 32.2. The van der Waals surface area contributed by atoms with E-state index in [9.17, 15) is 17.6 Å². The van der Waals surface area contributed by atoms with Crippen LogP contribution in [0.15, 0.2) is 35.2 Å². The Kier molecular flexibility index (Phi) is 5.86. The molecule has 1 fully saturated rings. The quantitative estimate of drug-likeness (QED) is 0.743. The molecule has 9 heteroatoms. The third-order valence-electron chi connectivity index (χ3n) is 4.52. The average Bonchev–Trinajstić information content (AvgIpc) is 3.17. The first-order chi connectivity index (χ1) is 13.0. The van der Waals surface area contributed by atoms with E-state index in [1.807, 2.05) is 20.8 Å². The number of nitrogens with one attached hydrogen (secondary N) is 1. The number of anilines is 1. The topological polar surface area (TPSA) is 81.1 Å². The van der Waals surface area contributed by atoms with Crippen molar-refractivity contribution in [3.63, 3.8) is 0 Å². The van der Waals surface area contributed by atoms with E-state index >= 15 is 0 Å². The van der Waals surface area contributed by atoms with Crippen molar-refractivity contribution >= 4 is 33.3 Å². The summed E-state index contributed by atoms with van der Waals surface area (Å²) in [5.41, 5.74) is 0.526. The standard InChI is InChI=1S/C19H24FN3O3S2/c1-19(2,3)16-10-17(23(22-16)13-8-9-28(25,26)12-13)21-18(24)11-27-15-7-5-4-6-14(15)20/h4-7,10,13H,8-9,11-12H2,1-3H3,(H,21,24). The molecule has 3 rings (SSSR count). The first kappa shape index (κ1) is 20.9. The number of thioether (sulfide) groups is 1. The number of amides is 1. The number of hydrogen-bond acceptors (Lipinski definition) is 5. The van der Waals surface area contributed by atoms with Crippen molar-refractivity contribution in [3.8, 4) is 0 Å². The predicted molar refractivity (Wildman–Crippen MR) is 109 cm³/mol. The van der Waals surface area contributed by atoms with E-state index in [4.69, 9.17) is 0 Å². The zero-order chi connectivity index (χ0) is 20.5. The van der Waals surface area contributed by atoms with Gasteiger partial charge in [-0.3, -0.25) is 4.79 Å². The molecule has 1 saturated heterocycles. The van der Waals surface area contributed by atoms with Crippen LogP contribution < -0.4 is 5.32 Å². The van der Waals surface area contributed by atoms with Gasteiger partial charge in [-0.2, -0.15) is 5.10 Å². The summed E-state index contributed by atoms with van der Waals surface area (Å²) in [6, 6.07) is 7.78. The maximum atomic E-state index is 13.7. The van der Waals surface area contributed by atoms with E-state index in [0.717, 1.165) is 17.5 Å². The molecule has 0 spiro atoms. The van der Waals surface area contributed by atoms with Gasteiger partial charge in [0.05, 0.1) is 29.0 Å². The van der Waals surface area contributed by atoms with E-state index in [0.29, 0.717) is 17.1 Å². The number of halogens is 1. The second-order valence-electron chi connectivity index (χ2n) is 7.93. The molecule has 1 unspecified atom stereocenters. The third-order valence-corrected chi connectivity index (χ3v) is 7.32. The molecule has 6 nitrogen and oxygen atoms in total. The highest BCUT2D eigenvalue weighted by Gasteiger charge is 2.32. The van der Waals surface area contributed by atoms with Crippen LogP contribution in [-0.2, 0) is 20.0 Å². The summed E-state index contributed by atoms with van der Waals surface area (Å²) in [6.07, 6.45) is 0.473. The van der Waals surface area contributed by atoms with Crippen molar-refractivity contribution in [2.75, 3.05) is 22.6 Å². The number of hydrogen-bond donors (Lipinski definition) is 1. The van der Waals surface area contributed by atoms with Crippen LogP contribution in [0.3, 0.4) is 0 Å². The minimum absolute atomic E-state index is 0.0190. The Labute approximate surface area is 168 Å². The zero-order valence-electron chi connectivity index (χ0n) is 16.1. The van der Waals surface area contributed by atoms with Crippen LogP contribution in [0.2, 0.25) is 0 Å². The van der Waals surface area contributed by atoms with Crippen LogP contribution in [0.25, 0.3) is 0 Å². The fourth-order valence-corrected chi connectivity index (χ4v) is 5.42. The molecule has 0 radical (unpaired) electrons. The second kappa shape index (κ2) is 7.87. The Balaban J connectivity index is 1.77. The number of aromatic nitrogens is 2. The van der Waals surface area contributed by atoms with Gasteiger partial charge >= 0.3 is 0 Å². The van der Waals surface area contributed by atoms with Crippen LogP contribution in [-0.4, -0.2) is 41.4 Å². The van der Waals surface area contributed by atoms with Gasteiger partial charge in [-0.25, -0.2) is 17.5 Å². The van der Waals surface area contributed by atoms with Crippen LogP contribution in [0, 0.1) is 5.82 Å². The van der Waals surface area contributed by atoms with E-state index in [2.05, 4.69) is 10.4 Å². The maximum absolute atomic E-state index is 13.7. The molecule has 2 heterocycles. The average molecular weight is 426 g/mol. The molecular formula is C19H24FN3O3S2. The number of rotatable bonds is 5. The van der Waals surface area contributed by atoms with Crippen molar-refractivity contribution in [1.29, 1.82) is 0 Å². The monoisotopic (exact) mass is 425 g/mol. The SMILES string of the molecule is CC(C)(C)c1cc(NC(=O)CSc2ccccc2F)n(C2CCS(=O)(=O)C2)n1. The summed E-state index contributed by atoms with van der Waals surface area (Å²) in [4.78, 5) is 12.8. The van der Waals surface area contributed by atoms with Gasteiger partial charge in [0.25, 0.3) is 0 Å². The molecule has 152 valence electrons. The largest absolute Gasteiger partial charge is 0.310 e. The first-order valence-corrected chi connectivity index (χ1v) is 11.8. The summed E-state index contributed by atoms with van der Waals surface area (Å²) in [5, 5.41) is 7.41. The fourth-order valence-electron chi connectivity index (χ4n) is 2.98. The van der Waals surface area contributed by atoms with E-state index in [1.54, 1.807) is 28.9 Å². The van der Waals surface area contributed by atoms with Crippen molar-refractivity contribution in [2.45, 2.75) is 43.5 Å². The molecule has 0 saturated carbocycles. The highest BCUT2D eigenvalue weighted by Crippen LogP contribution is 2.31. The zero-order valence-corrected chi connectivity index (χ0v) is 17.7. The molecule has 0 bridgehead atoms. The van der Waals surface area contributed by atoms with Gasteiger partial charge in [-0.05, 0) is 18.6 Å². The van der Waals surface area contributed by atoms with Gasteiger partial charge in [0.2, 0.25) is 5.91 Å². The molecule has 1 aliphatic rings. The second-order valence-corrected chi connectivity index (χ2v) is 11.2. The maximum Gasteiger partial charge on any atom is 0.235 e. The minimum Gasteiger partial charge on any atom is -0.310 e. The minimum atomic E-state index is -3.09. The van der Waals surface area contributed by atoms with Crippen LogP contribution in [0.4, 0.5) is 10.2 Å². The summed E-state index contributed by atoms with van der Waals surface area (Å²) in [5.74, 6) is 0.00243. The van der Waals surface area contributed by atoms with Crippen LogP contribution >= 0.6 is 11.8 Å². The molecule has 28 heavy (non-hydrogen) atoms. The van der Waals surface area contributed by atoms with Crippen molar-refractivity contribution in [2.24, 2.45) is 0 Å². The smallest absolute Gasteiger partial charge is 0.235 e. The Morgan fingerprint density at radius 3 is 2.68 bits per heavy atom. The number of carbonyl (C=O) groups excluding carboxylic acids is 1. The summed E-state index contributed by atoms with van der Waals surface area (Å²) in [6.45, 7) is 6.01. The number of nitrogens with zero attached hydrogens (tertiary/aromatic N) is 2. The van der Waals surface area contributed by atoms with Crippen LogP contribution in [0.5, 0.6) is 0 Å². The van der Waals surface area contributed by atoms with Gasteiger partial charge in [0, 0.05) is 16.4 Å². The van der Waals surface area contributed by atoms with E-state index in [-0.39, 0.29) is 40.4 Å². The predicted octanol–water partition coefficient (Wildman–Crippen LogP) is 3.41. The van der Waals surface area contributed by atoms with Crippen molar-refractivity contribution in [1.82, 2.24) is 9.78 Å². The van der Waals surface area contributed by atoms with Crippen molar-refractivity contribution < 1.29 is 17.6 Å². The lowest BCUT2D eigenvalue weighted by molar-refractivity contribution is -0.113. The Hall–Kier alpha value is -1.87. The number of sulfone groups is 1. The van der Waals surface area contributed by atoms with Gasteiger partial charge in [0.1, 0.15) is 11.6 Å². The van der Waals surface area contributed by atoms with Crippen LogP contribution in [0.1, 0.15) is 38.9 Å². The normalized spacial score (nSPS) is 18.9. The molecule has 1 atom stereocenters. The van der Waals surface area contributed by atoms with Gasteiger partial charge in [0.15, 0.2) is 9.84 Å². The first-order valence-electron chi connectivity index (χ1n) is 9.03. The highest BCUT2D eigenvalue weighted by molar-refractivity contribution is 8.00.